The molecule has 1 heterocycles. The number of para-hydroxylation sites is 1. The highest BCUT2D eigenvalue weighted by Gasteiger charge is 2.08. The van der Waals surface area contributed by atoms with Gasteiger partial charge < -0.3 is 17.5 Å². The minimum Gasteiger partial charge on any atom is -1.00 e. The number of rotatable bonds is 2. The fourth-order valence-corrected chi connectivity index (χ4v) is 1.46. The van der Waals surface area contributed by atoms with Crippen LogP contribution in [0, 0.1) is 0 Å². The van der Waals surface area contributed by atoms with Crippen LogP contribution in [-0.4, -0.2) is 5.11 Å². The summed E-state index contributed by atoms with van der Waals surface area (Å²) in [4.78, 5) is 0. The summed E-state index contributed by atoms with van der Waals surface area (Å²) in [6.45, 7) is 0.0675. The molecule has 0 fully saturated rings. The van der Waals surface area contributed by atoms with Crippen molar-refractivity contribution in [3.8, 4) is 5.69 Å². The van der Waals surface area contributed by atoms with Crippen molar-refractivity contribution >= 4 is 0 Å². The van der Waals surface area contributed by atoms with Crippen LogP contribution in [0.2, 0.25) is 0 Å². The Labute approximate surface area is 95.2 Å². The van der Waals surface area contributed by atoms with Gasteiger partial charge in [-0.05, 0) is 0 Å². The van der Waals surface area contributed by atoms with E-state index < -0.39 is 0 Å². The molecule has 1 N–H and O–H groups in total. The summed E-state index contributed by atoms with van der Waals surface area (Å²) in [5.74, 6) is 0. The van der Waals surface area contributed by atoms with E-state index in [-0.39, 0.29) is 19.0 Å². The van der Waals surface area contributed by atoms with E-state index in [0.29, 0.717) is 0 Å². The Morgan fingerprint density at radius 3 is 2.27 bits per heavy atom. The SMILES string of the molecule is OCc1ccccc1-[n+]1ccccc1.[Cl-]. The maximum Gasteiger partial charge on any atom is 0.216 e. The van der Waals surface area contributed by atoms with Crippen LogP contribution < -0.4 is 17.0 Å². The molecule has 0 amide bonds. The van der Waals surface area contributed by atoms with Gasteiger partial charge in [-0.15, -0.1) is 0 Å². The highest BCUT2D eigenvalue weighted by Crippen LogP contribution is 2.07. The van der Waals surface area contributed by atoms with E-state index in [1.807, 2.05) is 59.4 Å². The van der Waals surface area contributed by atoms with Crippen molar-refractivity contribution in [3.63, 3.8) is 0 Å². The van der Waals surface area contributed by atoms with Gasteiger partial charge in [-0.3, -0.25) is 0 Å². The van der Waals surface area contributed by atoms with Crippen molar-refractivity contribution in [2.24, 2.45) is 0 Å². The lowest BCUT2D eigenvalue weighted by atomic mass is 10.2. The highest BCUT2D eigenvalue weighted by molar-refractivity contribution is 5.32. The van der Waals surface area contributed by atoms with Gasteiger partial charge in [0.15, 0.2) is 12.4 Å². The largest absolute Gasteiger partial charge is 1.00 e. The second kappa shape index (κ2) is 5.49. The monoisotopic (exact) mass is 221 g/mol. The molecule has 0 aliphatic rings. The topological polar surface area (TPSA) is 24.1 Å². The van der Waals surface area contributed by atoms with Crippen molar-refractivity contribution in [1.29, 1.82) is 0 Å². The first-order chi connectivity index (χ1) is 6.92. The maximum absolute atomic E-state index is 9.17. The van der Waals surface area contributed by atoms with Crippen LogP contribution in [0.5, 0.6) is 0 Å². The Morgan fingerprint density at radius 2 is 1.60 bits per heavy atom. The molecule has 2 nitrogen and oxygen atoms in total. The van der Waals surface area contributed by atoms with Gasteiger partial charge in [0.2, 0.25) is 5.69 Å². The van der Waals surface area contributed by atoms with Crippen LogP contribution in [0.25, 0.3) is 5.69 Å². The third-order valence-corrected chi connectivity index (χ3v) is 2.16. The molecule has 0 unspecified atom stereocenters. The maximum atomic E-state index is 9.17. The molecule has 0 spiro atoms. The van der Waals surface area contributed by atoms with Crippen molar-refractivity contribution in [1.82, 2.24) is 0 Å². The quantitative estimate of drug-likeness (QED) is 0.611. The van der Waals surface area contributed by atoms with E-state index in [0.717, 1.165) is 11.3 Å². The molecule has 0 bridgehead atoms. The number of hydrogen-bond donors (Lipinski definition) is 1. The summed E-state index contributed by atoms with van der Waals surface area (Å²) >= 11 is 0. The predicted molar refractivity (Wildman–Crippen MR) is 53.9 cm³/mol. The van der Waals surface area contributed by atoms with E-state index in [2.05, 4.69) is 0 Å². The van der Waals surface area contributed by atoms with Gasteiger partial charge in [0, 0.05) is 23.8 Å². The number of benzene rings is 1. The average Bonchev–Trinajstić information content (AvgIpc) is 2.30. The first-order valence-corrected chi connectivity index (χ1v) is 4.57. The van der Waals surface area contributed by atoms with Gasteiger partial charge in [-0.1, -0.05) is 24.3 Å². The number of nitrogens with zero attached hydrogens (tertiary/aromatic N) is 1. The standard InChI is InChI=1S/C12H12NO.ClH/c14-10-11-6-2-3-7-12(11)13-8-4-1-5-9-13;/h1-9,14H,10H2;1H/q+1;/p-1. The van der Waals surface area contributed by atoms with Gasteiger partial charge in [0.1, 0.15) is 0 Å². The highest BCUT2D eigenvalue weighted by atomic mass is 35.5. The Morgan fingerprint density at radius 1 is 0.933 bits per heavy atom. The minimum atomic E-state index is 0. The Hall–Kier alpha value is -1.38. The zero-order valence-corrected chi connectivity index (χ0v) is 8.93. The van der Waals surface area contributed by atoms with Crippen LogP contribution in [-0.2, 0) is 6.61 Å². The third kappa shape index (κ3) is 2.55. The fraction of sp³-hybridized carbons (Fsp3) is 0.0833. The molecule has 2 aromatic rings. The number of hydrogen-bond acceptors (Lipinski definition) is 1. The molecule has 78 valence electrons. The summed E-state index contributed by atoms with van der Waals surface area (Å²) in [6, 6.07) is 13.7. The van der Waals surface area contributed by atoms with E-state index in [1.54, 1.807) is 0 Å². The average molecular weight is 222 g/mol. The lowest BCUT2D eigenvalue weighted by Gasteiger charge is -2.00. The zero-order chi connectivity index (χ0) is 9.80. The summed E-state index contributed by atoms with van der Waals surface area (Å²) in [5, 5.41) is 9.17. The van der Waals surface area contributed by atoms with E-state index in [1.165, 1.54) is 0 Å². The second-order valence-electron chi connectivity index (χ2n) is 3.07. The molecule has 0 saturated heterocycles. The van der Waals surface area contributed by atoms with E-state index in [4.69, 9.17) is 5.11 Å². The minimum absolute atomic E-state index is 0. The van der Waals surface area contributed by atoms with Crippen molar-refractivity contribution in [2.75, 3.05) is 0 Å². The molecule has 0 saturated carbocycles. The zero-order valence-electron chi connectivity index (χ0n) is 8.18. The van der Waals surface area contributed by atoms with Crippen molar-refractivity contribution in [2.45, 2.75) is 6.61 Å². The molecule has 0 aliphatic carbocycles. The molecule has 0 atom stereocenters. The van der Waals surface area contributed by atoms with Crippen LogP contribution in [0.1, 0.15) is 5.56 Å². The van der Waals surface area contributed by atoms with Gasteiger partial charge in [-0.25, -0.2) is 0 Å². The summed E-state index contributed by atoms with van der Waals surface area (Å²) < 4.78 is 1.99. The molecular weight excluding hydrogens is 210 g/mol. The fourth-order valence-electron chi connectivity index (χ4n) is 1.46. The molecule has 0 aliphatic heterocycles. The normalized spacial score (nSPS) is 9.40. The van der Waals surface area contributed by atoms with Crippen LogP contribution in [0.3, 0.4) is 0 Å². The molecule has 1 aromatic carbocycles. The number of aromatic nitrogens is 1. The van der Waals surface area contributed by atoms with Crippen molar-refractivity contribution < 1.29 is 22.1 Å². The second-order valence-corrected chi connectivity index (χ2v) is 3.07. The van der Waals surface area contributed by atoms with Crippen LogP contribution in [0.15, 0.2) is 54.9 Å². The van der Waals surface area contributed by atoms with E-state index in [9.17, 15) is 0 Å². The van der Waals surface area contributed by atoms with Gasteiger partial charge in [0.05, 0.1) is 6.61 Å². The lowest BCUT2D eigenvalue weighted by molar-refractivity contribution is -0.596. The van der Waals surface area contributed by atoms with Crippen molar-refractivity contribution in [3.05, 3.63) is 60.4 Å². The Kier molecular flexibility index (Phi) is 4.28. The molecule has 2 rings (SSSR count). The van der Waals surface area contributed by atoms with Gasteiger partial charge >= 0.3 is 0 Å². The Balaban J connectivity index is 0.00000112. The first-order valence-electron chi connectivity index (χ1n) is 4.57. The predicted octanol–water partition coefficient (Wildman–Crippen LogP) is -1.54. The molecule has 3 heteroatoms. The summed E-state index contributed by atoms with van der Waals surface area (Å²) in [5.41, 5.74) is 1.96. The number of aliphatic hydroxyl groups is 1. The number of pyridine rings is 1. The third-order valence-electron chi connectivity index (χ3n) is 2.16. The molecule has 15 heavy (non-hydrogen) atoms. The molecule has 1 aromatic heterocycles. The van der Waals surface area contributed by atoms with Gasteiger partial charge in [0.25, 0.3) is 0 Å². The smallest absolute Gasteiger partial charge is 0.216 e. The number of halogens is 1. The summed E-state index contributed by atoms with van der Waals surface area (Å²) in [7, 11) is 0. The van der Waals surface area contributed by atoms with E-state index >= 15 is 0 Å². The van der Waals surface area contributed by atoms with Gasteiger partial charge in [-0.2, -0.15) is 4.57 Å². The molecular formula is C12H12ClNO. The van der Waals surface area contributed by atoms with Crippen LogP contribution in [0.4, 0.5) is 0 Å². The summed E-state index contributed by atoms with van der Waals surface area (Å²) in [6.07, 6.45) is 3.93. The lowest BCUT2D eigenvalue weighted by Crippen LogP contribution is -3.00. The Bertz CT molecular complexity index is 417. The van der Waals surface area contributed by atoms with Crippen LogP contribution >= 0.6 is 0 Å². The number of aliphatic hydroxyl groups excluding tert-OH is 1. The molecule has 0 radical (unpaired) electrons. The first kappa shape index (κ1) is 11.7.